The molecule has 2 aromatic carbocycles. The fourth-order valence-electron chi connectivity index (χ4n) is 2.68. The zero-order valence-corrected chi connectivity index (χ0v) is 15.6. The van der Waals surface area contributed by atoms with Gasteiger partial charge in [-0.25, -0.2) is 9.59 Å². The number of aromatic nitrogens is 4. The number of hydrogen-bond donors (Lipinski definition) is 3. The Kier molecular flexibility index (Phi) is 6.36. The van der Waals surface area contributed by atoms with Crippen molar-refractivity contribution in [1.82, 2.24) is 25.1 Å². The number of benzene rings is 2. The second-order valence-electron chi connectivity index (χ2n) is 6.31. The monoisotopic (exact) mass is 395 g/mol. The fourth-order valence-corrected chi connectivity index (χ4v) is 2.68. The maximum Gasteiger partial charge on any atom is 0.368 e. The van der Waals surface area contributed by atoms with Gasteiger partial charge < -0.3 is 16.4 Å². The van der Waals surface area contributed by atoms with Crippen molar-refractivity contribution in [2.75, 3.05) is 11.9 Å². The highest BCUT2D eigenvalue weighted by atomic mass is 16.2. The molecule has 0 bridgehead atoms. The highest BCUT2D eigenvalue weighted by Crippen LogP contribution is 2.11. The van der Waals surface area contributed by atoms with Crippen LogP contribution in [0.2, 0.25) is 0 Å². The third-order valence-corrected chi connectivity index (χ3v) is 4.09. The van der Waals surface area contributed by atoms with Crippen molar-refractivity contribution in [3.63, 3.8) is 0 Å². The molecule has 0 aliphatic carbocycles. The number of carbonyl (C=O) groups excluding carboxylic acids is 2. The van der Waals surface area contributed by atoms with Crippen molar-refractivity contribution in [3.05, 3.63) is 70.6 Å². The lowest BCUT2D eigenvalue weighted by atomic mass is 10.1. The maximum absolute atomic E-state index is 12.1. The Balaban J connectivity index is 1.50. The summed E-state index contributed by atoms with van der Waals surface area (Å²) in [6.07, 6.45) is 1.72. The molecule has 29 heavy (non-hydrogen) atoms. The molecule has 4 N–H and O–H groups in total. The molecule has 3 amide bonds. The molecule has 1 aromatic heterocycles. The Morgan fingerprint density at radius 2 is 1.72 bits per heavy atom. The number of nitrogens with zero attached hydrogens (tertiary/aromatic N) is 4. The molecule has 0 aliphatic rings. The zero-order valence-electron chi connectivity index (χ0n) is 15.6. The first kappa shape index (κ1) is 19.8. The van der Waals surface area contributed by atoms with E-state index in [0.717, 1.165) is 22.2 Å². The normalized spacial score (nSPS) is 10.5. The molecule has 10 nitrogen and oxygen atoms in total. The van der Waals surface area contributed by atoms with Crippen molar-refractivity contribution in [3.8, 4) is 5.69 Å². The summed E-state index contributed by atoms with van der Waals surface area (Å²) in [6.45, 7) is 0.208. The van der Waals surface area contributed by atoms with Gasteiger partial charge >= 0.3 is 11.7 Å². The van der Waals surface area contributed by atoms with Gasteiger partial charge in [-0.2, -0.15) is 9.36 Å². The zero-order chi connectivity index (χ0) is 20.6. The van der Waals surface area contributed by atoms with Crippen LogP contribution in [0.5, 0.6) is 0 Å². The summed E-state index contributed by atoms with van der Waals surface area (Å²) in [5.74, 6) is -0.687. The number of carbonyl (C=O) groups is 2. The average Bonchev–Trinajstić information content (AvgIpc) is 3.06. The summed E-state index contributed by atoms with van der Waals surface area (Å²) >= 11 is 0. The molecular weight excluding hydrogens is 374 g/mol. The van der Waals surface area contributed by atoms with E-state index in [2.05, 4.69) is 33.2 Å². The Hall–Kier alpha value is -3.95. The lowest BCUT2D eigenvalue weighted by Crippen LogP contribution is -2.30. The summed E-state index contributed by atoms with van der Waals surface area (Å²) in [5.41, 5.74) is 6.71. The highest BCUT2D eigenvalue weighted by molar-refractivity contribution is 5.89. The lowest BCUT2D eigenvalue weighted by Gasteiger charge is -2.08. The molecule has 3 rings (SSSR count). The van der Waals surface area contributed by atoms with Gasteiger partial charge in [-0.1, -0.05) is 30.3 Å². The number of aryl methyl sites for hydroxylation is 1. The quantitative estimate of drug-likeness (QED) is 0.482. The number of nitrogens with one attached hydrogen (secondary N) is 2. The third kappa shape index (κ3) is 5.51. The molecule has 0 spiro atoms. The Morgan fingerprint density at radius 1 is 1.00 bits per heavy atom. The molecule has 0 unspecified atom stereocenters. The minimum atomic E-state index is -0.687. The summed E-state index contributed by atoms with van der Waals surface area (Å²) in [4.78, 5) is 35.0. The summed E-state index contributed by atoms with van der Waals surface area (Å²) in [7, 11) is 0. The van der Waals surface area contributed by atoms with E-state index in [4.69, 9.17) is 5.73 Å². The average molecular weight is 395 g/mol. The van der Waals surface area contributed by atoms with Crippen LogP contribution in [0.15, 0.2) is 59.4 Å². The number of nitrogens with two attached hydrogens (primary N) is 1. The lowest BCUT2D eigenvalue weighted by molar-refractivity contribution is -0.118. The summed E-state index contributed by atoms with van der Waals surface area (Å²) in [6, 6.07) is 16.2. The molecule has 3 aromatic rings. The molecule has 0 atom stereocenters. The van der Waals surface area contributed by atoms with E-state index in [1.807, 2.05) is 18.2 Å². The van der Waals surface area contributed by atoms with Crippen molar-refractivity contribution >= 4 is 17.6 Å². The van der Waals surface area contributed by atoms with E-state index >= 15 is 0 Å². The predicted octanol–water partition coefficient (Wildman–Crippen LogP) is 0.669. The molecule has 0 radical (unpaired) electrons. The van der Waals surface area contributed by atoms with E-state index in [1.165, 1.54) is 5.56 Å². The van der Waals surface area contributed by atoms with Gasteiger partial charge in [-0.3, -0.25) is 4.79 Å². The van der Waals surface area contributed by atoms with Crippen LogP contribution in [0.3, 0.4) is 0 Å². The van der Waals surface area contributed by atoms with Crippen LogP contribution in [0.25, 0.3) is 5.69 Å². The molecule has 150 valence electrons. The van der Waals surface area contributed by atoms with Crippen molar-refractivity contribution in [2.45, 2.75) is 19.4 Å². The van der Waals surface area contributed by atoms with Crippen LogP contribution >= 0.6 is 0 Å². The highest BCUT2D eigenvalue weighted by Gasteiger charge is 2.10. The fraction of sp³-hybridized carbons (Fsp3) is 0.211. The number of urea groups is 1. The number of rotatable bonds is 8. The van der Waals surface area contributed by atoms with E-state index in [-0.39, 0.29) is 12.6 Å². The molecule has 0 saturated carbocycles. The number of amides is 3. The van der Waals surface area contributed by atoms with Crippen LogP contribution in [0.4, 0.5) is 10.5 Å². The van der Waals surface area contributed by atoms with Crippen LogP contribution < -0.4 is 22.1 Å². The van der Waals surface area contributed by atoms with Crippen LogP contribution in [0.1, 0.15) is 12.0 Å². The van der Waals surface area contributed by atoms with E-state index in [0.29, 0.717) is 17.9 Å². The molecule has 1 heterocycles. The first-order valence-electron chi connectivity index (χ1n) is 9.03. The Morgan fingerprint density at radius 3 is 2.41 bits per heavy atom. The maximum atomic E-state index is 12.1. The van der Waals surface area contributed by atoms with Crippen LogP contribution in [-0.4, -0.2) is 38.3 Å². The second-order valence-corrected chi connectivity index (χ2v) is 6.31. The van der Waals surface area contributed by atoms with Gasteiger partial charge in [0.1, 0.15) is 6.54 Å². The summed E-state index contributed by atoms with van der Waals surface area (Å²) < 4.78 is 1.91. The topological polar surface area (TPSA) is 137 Å². The largest absolute Gasteiger partial charge is 0.368 e. The minimum Gasteiger partial charge on any atom is -0.368 e. The van der Waals surface area contributed by atoms with Gasteiger partial charge in [0.2, 0.25) is 5.91 Å². The standard InChI is InChI=1S/C19H21N7O3/c20-17(27)13-25-19(29)26(24-23-25)16-10-8-15(9-11-16)22-18(28)21-12-4-7-14-5-2-1-3-6-14/h1-3,5-6,8-11H,4,7,12-13H2,(H2,20,27)(H2,21,22,28). The second kappa shape index (κ2) is 9.31. The molecule has 0 saturated heterocycles. The van der Waals surface area contributed by atoms with Crippen LogP contribution in [-0.2, 0) is 17.8 Å². The molecule has 0 fully saturated rings. The van der Waals surface area contributed by atoms with Crippen LogP contribution in [0, 0.1) is 0 Å². The number of primary amides is 1. The minimum absolute atomic E-state index is 0.310. The Labute approximate surface area is 166 Å². The van der Waals surface area contributed by atoms with Crippen molar-refractivity contribution in [2.24, 2.45) is 5.73 Å². The Bertz CT molecular complexity index is 1030. The smallest absolute Gasteiger partial charge is 0.368 e. The van der Waals surface area contributed by atoms with Gasteiger partial charge in [-0.05, 0) is 53.1 Å². The number of hydrogen-bond acceptors (Lipinski definition) is 5. The van der Waals surface area contributed by atoms with E-state index in [9.17, 15) is 14.4 Å². The predicted molar refractivity (Wildman–Crippen MR) is 107 cm³/mol. The van der Waals surface area contributed by atoms with Crippen molar-refractivity contribution < 1.29 is 9.59 Å². The van der Waals surface area contributed by atoms with Gasteiger partial charge in [0.25, 0.3) is 0 Å². The first-order chi connectivity index (χ1) is 14.0. The number of tetrazole rings is 1. The molecular formula is C19H21N7O3. The molecule has 0 aliphatic heterocycles. The van der Waals surface area contributed by atoms with Gasteiger partial charge in [-0.15, -0.1) is 0 Å². The van der Waals surface area contributed by atoms with E-state index in [1.54, 1.807) is 24.3 Å². The number of anilines is 1. The van der Waals surface area contributed by atoms with Gasteiger partial charge in [0, 0.05) is 12.2 Å². The van der Waals surface area contributed by atoms with Crippen molar-refractivity contribution in [1.29, 1.82) is 0 Å². The van der Waals surface area contributed by atoms with E-state index < -0.39 is 11.6 Å². The van der Waals surface area contributed by atoms with Gasteiger partial charge in [0.05, 0.1) is 5.69 Å². The first-order valence-corrected chi connectivity index (χ1v) is 9.03. The van der Waals surface area contributed by atoms with Gasteiger partial charge in [0.15, 0.2) is 0 Å². The molecule has 10 heteroatoms. The SMILES string of the molecule is NC(=O)Cn1nnn(-c2ccc(NC(=O)NCCCc3ccccc3)cc2)c1=O. The third-order valence-electron chi connectivity index (χ3n) is 4.09. The summed E-state index contributed by atoms with van der Waals surface area (Å²) in [5, 5.41) is 12.8.